The molecule has 3 rings (SSSR count). The maximum atomic E-state index is 12.7. The lowest BCUT2D eigenvalue weighted by Crippen LogP contribution is -2.44. The molecule has 0 spiro atoms. The van der Waals surface area contributed by atoms with Crippen LogP contribution in [0.15, 0.2) is 36.7 Å². The lowest BCUT2D eigenvalue weighted by Gasteiger charge is -2.25. The number of carbonyl (C=O) groups excluding carboxylic acids is 1. The normalized spacial score (nSPS) is 16.7. The smallest absolute Gasteiger partial charge is 0.317 e. The molecule has 0 bridgehead atoms. The van der Waals surface area contributed by atoms with Gasteiger partial charge in [0.2, 0.25) is 0 Å². The average molecular weight is 377 g/mol. The fraction of sp³-hybridized carbons (Fsp3) is 0.474. The monoisotopic (exact) mass is 376 g/mol. The molecule has 1 aromatic carbocycles. The van der Waals surface area contributed by atoms with Gasteiger partial charge in [-0.05, 0) is 43.5 Å². The highest BCUT2D eigenvalue weighted by Crippen LogP contribution is 2.24. The van der Waals surface area contributed by atoms with E-state index in [1.54, 1.807) is 12.3 Å². The molecule has 0 radical (unpaired) electrons. The van der Waals surface area contributed by atoms with E-state index in [4.69, 9.17) is 16.3 Å². The molecule has 1 aliphatic heterocycles. The van der Waals surface area contributed by atoms with Crippen molar-refractivity contribution in [2.45, 2.75) is 45.3 Å². The first kappa shape index (κ1) is 18.6. The molecule has 2 aromatic rings. The summed E-state index contributed by atoms with van der Waals surface area (Å²) in [4.78, 5) is 14.6. The molecule has 1 aliphatic rings. The number of amides is 2. The minimum Gasteiger partial charge on any atom is -0.493 e. The zero-order chi connectivity index (χ0) is 18.4. The van der Waals surface area contributed by atoms with Crippen molar-refractivity contribution in [2.24, 2.45) is 0 Å². The van der Waals surface area contributed by atoms with Crippen LogP contribution in [0, 0.1) is 0 Å². The molecule has 0 unspecified atom stereocenters. The number of halogens is 1. The molecule has 1 fully saturated rings. The van der Waals surface area contributed by atoms with Crippen LogP contribution < -0.4 is 10.1 Å². The Kier molecular flexibility index (Phi) is 6.39. The van der Waals surface area contributed by atoms with E-state index < -0.39 is 0 Å². The van der Waals surface area contributed by atoms with Gasteiger partial charge in [-0.15, -0.1) is 0 Å². The highest BCUT2D eigenvalue weighted by Gasteiger charge is 2.29. The SMILES string of the molecule is CCCOc1ccc(Cl)cc1CNC(=O)N1CCC[C@H]1Cn1cccn1. The Morgan fingerprint density at radius 2 is 2.35 bits per heavy atom. The molecule has 6 nitrogen and oxygen atoms in total. The number of hydrogen-bond donors (Lipinski definition) is 1. The summed E-state index contributed by atoms with van der Waals surface area (Å²) >= 11 is 6.11. The number of likely N-dealkylation sites (tertiary alicyclic amines) is 1. The number of rotatable bonds is 7. The average Bonchev–Trinajstić information content (AvgIpc) is 3.31. The van der Waals surface area contributed by atoms with Crippen LogP contribution in [0.4, 0.5) is 4.79 Å². The summed E-state index contributed by atoms with van der Waals surface area (Å²) in [5.74, 6) is 0.770. The van der Waals surface area contributed by atoms with Crippen molar-refractivity contribution >= 4 is 17.6 Å². The summed E-state index contributed by atoms with van der Waals surface area (Å²) in [5.41, 5.74) is 0.891. The molecule has 2 amide bonds. The van der Waals surface area contributed by atoms with Crippen LogP contribution in [0.2, 0.25) is 5.02 Å². The highest BCUT2D eigenvalue weighted by molar-refractivity contribution is 6.30. The molecular formula is C19H25ClN4O2. The molecule has 0 aliphatic carbocycles. The second-order valence-electron chi connectivity index (χ2n) is 6.48. The molecule has 1 atom stereocenters. The third-order valence-corrected chi connectivity index (χ3v) is 4.74. The third-order valence-electron chi connectivity index (χ3n) is 4.51. The molecular weight excluding hydrogens is 352 g/mol. The van der Waals surface area contributed by atoms with E-state index in [0.29, 0.717) is 18.2 Å². The van der Waals surface area contributed by atoms with E-state index in [-0.39, 0.29) is 12.1 Å². The van der Waals surface area contributed by atoms with Crippen LogP contribution in [-0.2, 0) is 13.1 Å². The van der Waals surface area contributed by atoms with E-state index in [0.717, 1.165) is 43.7 Å². The van der Waals surface area contributed by atoms with Gasteiger partial charge in [0, 0.05) is 36.1 Å². The van der Waals surface area contributed by atoms with E-state index in [9.17, 15) is 4.79 Å². The van der Waals surface area contributed by atoms with Gasteiger partial charge in [-0.2, -0.15) is 5.10 Å². The van der Waals surface area contributed by atoms with Crippen LogP contribution >= 0.6 is 11.6 Å². The van der Waals surface area contributed by atoms with Crippen molar-refractivity contribution in [3.63, 3.8) is 0 Å². The van der Waals surface area contributed by atoms with Gasteiger partial charge >= 0.3 is 6.03 Å². The summed E-state index contributed by atoms with van der Waals surface area (Å²) in [7, 11) is 0. The molecule has 7 heteroatoms. The summed E-state index contributed by atoms with van der Waals surface area (Å²) in [5, 5.41) is 7.89. The van der Waals surface area contributed by atoms with Gasteiger partial charge in [0.25, 0.3) is 0 Å². The Labute approximate surface area is 159 Å². The Morgan fingerprint density at radius 3 is 3.12 bits per heavy atom. The predicted octanol–water partition coefficient (Wildman–Crippen LogP) is 3.70. The Balaban J connectivity index is 1.60. The number of benzene rings is 1. The minimum absolute atomic E-state index is 0.0546. The second-order valence-corrected chi connectivity index (χ2v) is 6.91. The Bertz CT molecular complexity index is 720. The fourth-order valence-corrected chi connectivity index (χ4v) is 3.42. The molecule has 2 heterocycles. The van der Waals surface area contributed by atoms with Crippen LogP contribution in [0.3, 0.4) is 0 Å². The summed E-state index contributed by atoms with van der Waals surface area (Å²) in [6.07, 6.45) is 6.63. The fourth-order valence-electron chi connectivity index (χ4n) is 3.23. The number of aromatic nitrogens is 2. The van der Waals surface area contributed by atoms with Crippen molar-refractivity contribution in [1.29, 1.82) is 0 Å². The molecule has 1 aromatic heterocycles. The standard InChI is InChI=1S/C19H25ClN4O2/c1-2-11-26-18-7-6-16(20)12-15(18)13-21-19(25)24-10-3-5-17(24)14-23-9-4-8-22-23/h4,6-9,12,17H,2-3,5,10-11,13-14H2,1H3,(H,21,25)/t17-/m0/s1. The summed E-state index contributed by atoms with van der Waals surface area (Å²) in [6, 6.07) is 7.52. The zero-order valence-corrected chi connectivity index (χ0v) is 15.8. The largest absolute Gasteiger partial charge is 0.493 e. The van der Waals surface area contributed by atoms with Crippen molar-refractivity contribution in [3.8, 4) is 5.75 Å². The van der Waals surface area contributed by atoms with Gasteiger partial charge < -0.3 is 15.0 Å². The van der Waals surface area contributed by atoms with E-state index >= 15 is 0 Å². The molecule has 0 saturated carbocycles. The number of nitrogens with zero attached hydrogens (tertiary/aromatic N) is 3. The summed E-state index contributed by atoms with van der Waals surface area (Å²) in [6.45, 7) is 4.59. The second kappa shape index (κ2) is 8.94. The maximum Gasteiger partial charge on any atom is 0.317 e. The number of hydrogen-bond acceptors (Lipinski definition) is 3. The third kappa shape index (κ3) is 4.69. The van der Waals surface area contributed by atoms with Crippen LogP contribution in [-0.4, -0.2) is 39.9 Å². The van der Waals surface area contributed by atoms with Gasteiger partial charge in [0.1, 0.15) is 5.75 Å². The minimum atomic E-state index is -0.0546. The van der Waals surface area contributed by atoms with Crippen LogP contribution in [0.5, 0.6) is 5.75 Å². The molecule has 26 heavy (non-hydrogen) atoms. The van der Waals surface area contributed by atoms with Gasteiger partial charge in [-0.3, -0.25) is 4.68 Å². The topological polar surface area (TPSA) is 59.4 Å². The Hall–Kier alpha value is -2.21. The first-order valence-electron chi connectivity index (χ1n) is 9.10. The molecule has 1 saturated heterocycles. The lowest BCUT2D eigenvalue weighted by molar-refractivity contribution is 0.185. The zero-order valence-electron chi connectivity index (χ0n) is 15.0. The lowest BCUT2D eigenvalue weighted by atomic mass is 10.2. The Morgan fingerprint density at radius 1 is 1.46 bits per heavy atom. The van der Waals surface area contributed by atoms with Crippen molar-refractivity contribution in [2.75, 3.05) is 13.2 Å². The molecule has 1 N–H and O–H groups in total. The highest BCUT2D eigenvalue weighted by atomic mass is 35.5. The van der Waals surface area contributed by atoms with Gasteiger partial charge in [-0.25, -0.2) is 4.79 Å². The van der Waals surface area contributed by atoms with Crippen molar-refractivity contribution in [3.05, 3.63) is 47.2 Å². The predicted molar refractivity (Wildman–Crippen MR) is 101 cm³/mol. The van der Waals surface area contributed by atoms with Gasteiger partial charge in [0.15, 0.2) is 0 Å². The number of urea groups is 1. The van der Waals surface area contributed by atoms with E-state index in [1.807, 2.05) is 34.0 Å². The van der Waals surface area contributed by atoms with E-state index in [2.05, 4.69) is 17.3 Å². The number of carbonyl (C=O) groups is 1. The first-order valence-corrected chi connectivity index (χ1v) is 9.48. The van der Waals surface area contributed by atoms with Crippen LogP contribution in [0.1, 0.15) is 31.7 Å². The van der Waals surface area contributed by atoms with Crippen LogP contribution in [0.25, 0.3) is 0 Å². The van der Waals surface area contributed by atoms with Crippen molar-refractivity contribution in [1.82, 2.24) is 20.0 Å². The van der Waals surface area contributed by atoms with Gasteiger partial charge in [0.05, 0.1) is 19.2 Å². The maximum absolute atomic E-state index is 12.7. The van der Waals surface area contributed by atoms with E-state index in [1.165, 1.54) is 0 Å². The first-order chi connectivity index (χ1) is 12.7. The molecule has 140 valence electrons. The number of ether oxygens (including phenoxy) is 1. The van der Waals surface area contributed by atoms with Gasteiger partial charge in [-0.1, -0.05) is 18.5 Å². The number of nitrogens with one attached hydrogen (secondary N) is 1. The summed E-state index contributed by atoms with van der Waals surface area (Å²) < 4.78 is 7.63. The van der Waals surface area contributed by atoms with Crippen molar-refractivity contribution < 1.29 is 9.53 Å². The quantitative estimate of drug-likeness (QED) is 0.801.